The van der Waals surface area contributed by atoms with E-state index in [1.54, 1.807) is 0 Å². The van der Waals surface area contributed by atoms with Crippen molar-refractivity contribution in [2.24, 2.45) is 0 Å². The average Bonchev–Trinajstić information content (AvgIpc) is 2.47. The normalized spacial score (nSPS) is 11.0. The lowest BCUT2D eigenvalue weighted by Gasteiger charge is -2.07. The molecule has 0 atom stereocenters. The van der Waals surface area contributed by atoms with Crippen LogP contribution in [0, 0.1) is 0 Å². The molecule has 0 saturated carbocycles. The molecule has 0 radical (unpaired) electrons. The number of aromatic amines is 2. The zero-order chi connectivity index (χ0) is 16.9. The van der Waals surface area contributed by atoms with Crippen LogP contribution in [0.3, 0.4) is 0 Å². The second-order valence-electron chi connectivity index (χ2n) is 4.74. The predicted molar refractivity (Wildman–Crippen MR) is 84.3 cm³/mol. The van der Waals surface area contributed by atoms with Gasteiger partial charge in [0.25, 0.3) is 0 Å². The van der Waals surface area contributed by atoms with E-state index in [2.05, 4.69) is 25.9 Å². The van der Waals surface area contributed by atoms with Gasteiger partial charge in [0.2, 0.25) is 0 Å². The first kappa shape index (κ1) is 15.0. The topological polar surface area (TPSA) is 140 Å². The molecule has 3 aromatic rings. The fourth-order valence-electron chi connectivity index (χ4n) is 2.30. The fourth-order valence-corrected chi connectivity index (χ4v) is 3.02. The molecule has 0 amide bonds. The van der Waals surface area contributed by atoms with Gasteiger partial charge in [0.05, 0.1) is 20.9 Å². The highest BCUT2D eigenvalue weighted by Crippen LogP contribution is 2.27. The number of aromatic carboxylic acids is 2. The molecule has 0 bridgehead atoms. The number of nitrogens with one attached hydrogen (secondary N) is 2. The number of carboxylic acid groups (broad SMARTS) is 2. The van der Waals surface area contributed by atoms with E-state index in [-0.39, 0.29) is 37.7 Å². The van der Waals surface area contributed by atoms with E-state index in [1.165, 1.54) is 6.07 Å². The smallest absolute Gasteiger partial charge is 0.352 e. The van der Waals surface area contributed by atoms with Crippen LogP contribution in [0.4, 0.5) is 0 Å². The van der Waals surface area contributed by atoms with Crippen LogP contribution in [0.25, 0.3) is 21.8 Å². The Balaban J connectivity index is 2.55. The third-order valence-corrected chi connectivity index (χ3v) is 4.11. The minimum Gasteiger partial charge on any atom is -0.477 e. The van der Waals surface area contributed by atoms with E-state index < -0.39 is 22.8 Å². The number of pyridine rings is 2. The van der Waals surface area contributed by atoms with E-state index in [0.717, 1.165) is 12.1 Å². The Morgan fingerprint density at radius 3 is 2.09 bits per heavy atom. The van der Waals surface area contributed by atoms with Crippen molar-refractivity contribution in [1.82, 2.24) is 9.97 Å². The molecule has 4 N–H and O–H groups in total. The Kier molecular flexibility index (Phi) is 3.29. The Morgan fingerprint density at radius 2 is 1.48 bits per heavy atom. The van der Waals surface area contributed by atoms with Gasteiger partial charge < -0.3 is 20.2 Å². The number of carboxylic acids is 2. The van der Waals surface area contributed by atoms with Crippen molar-refractivity contribution < 1.29 is 19.8 Å². The predicted octanol–water partition coefficient (Wildman–Crippen LogP) is 1.53. The van der Waals surface area contributed by atoms with E-state index in [0.29, 0.717) is 0 Å². The maximum Gasteiger partial charge on any atom is 0.352 e. The molecule has 2 heterocycles. The molecule has 23 heavy (non-hydrogen) atoms. The van der Waals surface area contributed by atoms with Gasteiger partial charge in [0, 0.05) is 17.5 Å². The number of halogens is 1. The van der Waals surface area contributed by atoms with Gasteiger partial charge in [0.1, 0.15) is 11.4 Å². The minimum atomic E-state index is -1.31. The highest BCUT2D eigenvalue weighted by Gasteiger charge is 2.16. The summed E-state index contributed by atoms with van der Waals surface area (Å²) in [4.78, 5) is 51.4. The fraction of sp³-hybridized carbons (Fsp3) is 0. The summed E-state index contributed by atoms with van der Waals surface area (Å²) in [6.45, 7) is 0. The van der Waals surface area contributed by atoms with Crippen LogP contribution in [0.1, 0.15) is 21.0 Å². The Hall–Kier alpha value is -2.94. The van der Waals surface area contributed by atoms with Gasteiger partial charge in [0.15, 0.2) is 10.9 Å². The van der Waals surface area contributed by atoms with Crippen LogP contribution >= 0.6 is 15.9 Å². The van der Waals surface area contributed by atoms with Gasteiger partial charge in [-0.1, -0.05) is 0 Å². The molecule has 0 aliphatic heterocycles. The molecule has 8 nitrogen and oxygen atoms in total. The van der Waals surface area contributed by atoms with Crippen molar-refractivity contribution in [3.63, 3.8) is 0 Å². The highest BCUT2D eigenvalue weighted by atomic mass is 79.9. The Bertz CT molecular complexity index is 1130. The zero-order valence-electron chi connectivity index (χ0n) is 11.1. The molecule has 9 heteroatoms. The number of hydrogen-bond donors (Lipinski definition) is 4. The van der Waals surface area contributed by atoms with Crippen molar-refractivity contribution in [2.45, 2.75) is 0 Å². The van der Waals surface area contributed by atoms with Crippen LogP contribution in [-0.4, -0.2) is 32.1 Å². The second-order valence-corrected chi connectivity index (χ2v) is 5.53. The van der Waals surface area contributed by atoms with Crippen LogP contribution in [0.15, 0.2) is 32.3 Å². The summed E-state index contributed by atoms with van der Waals surface area (Å²) < 4.78 is 0.184. The van der Waals surface area contributed by atoms with Gasteiger partial charge in [-0.2, -0.15) is 0 Å². The summed E-state index contributed by atoms with van der Waals surface area (Å²) in [5.74, 6) is -2.62. The number of carbonyl (C=O) groups is 2. The lowest BCUT2D eigenvalue weighted by atomic mass is 10.1. The van der Waals surface area contributed by atoms with E-state index >= 15 is 0 Å². The van der Waals surface area contributed by atoms with Crippen molar-refractivity contribution >= 4 is 49.7 Å². The third-order valence-electron chi connectivity index (χ3n) is 3.32. The summed E-state index contributed by atoms with van der Waals surface area (Å²) in [6, 6.07) is 3.15. The standard InChI is InChI=1S/C14H7BrN2O6/c15-11-10-5(16-6(13(20)21)3-9(10)19)1-4-8(18)2-7(14(22)23)17-12(4)11/h1-3H,(H,16,19)(H,17,18)(H,20,21)(H,22,23). The summed E-state index contributed by atoms with van der Waals surface area (Å²) in [7, 11) is 0. The number of fused-ring (bicyclic) bond motifs is 2. The first-order chi connectivity index (χ1) is 10.8. The number of H-pyrrole nitrogens is 2. The SMILES string of the molecule is O=C(O)c1cc(=O)c2c(Br)c3[nH]c(C(=O)O)cc(=O)c3cc2[nH]1. The first-order valence-electron chi connectivity index (χ1n) is 6.18. The van der Waals surface area contributed by atoms with Crippen molar-refractivity contribution in [2.75, 3.05) is 0 Å². The number of aromatic nitrogens is 2. The van der Waals surface area contributed by atoms with E-state index in [4.69, 9.17) is 10.2 Å². The number of benzene rings is 1. The molecule has 2 aromatic heterocycles. The molecule has 3 rings (SSSR count). The van der Waals surface area contributed by atoms with Crippen molar-refractivity contribution in [3.05, 3.63) is 54.5 Å². The zero-order valence-corrected chi connectivity index (χ0v) is 12.7. The molecular weight excluding hydrogens is 372 g/mol. The lowest BCUT2D eigenvalue weighted by molar-refractivity contribution is 0.0680. The third kappa shape index (κ3) is 2.30. The molecular formula is C14H7BrN2O6. The van der Waals surface area contributed by atoms with E-state index in [1.807, 2.05) is 0 Å². The highest BCUT2D eigenvalue weighted by molar-refractivity contribution is 9.10. The minimum absolute atomic E-state index is 0.112. The summed E-state index contributed by atoms with van der Waals surface area (Å²) in [6.07, 6.45) is 0. The molecule has 0 aliphatic rings. The van der Waals surface area contributed by atoms with Crippen molar-refractivity contribution in [1.29, 1.82) is 0 Å². The number of rotatable bonds is 2. The van der Waals surface area contributed by atoms with Gasteiger partial charge >= 0.3 is 11.9 Å². The largest absolute Gasteiger partial charge is 0.477 e. The second kappa shape index (κ2) is 5.06. The quantitative estimate of drug-likeness (QED) is 0.498. The monoisotopic (exact) mass is 378 g/mol. The van der Waals surface area contributed by atoms with E-state index in [9.17, 15) is 19.2 Å². The Labute approximate surface area is 134 Å². The van der Waals surface area contributed by atoms with Gasteiger partial charge in [-0.15, -0.1) is 0 Å². The maximum atomic E-state index is 12.2. The van der Waals surface area contributed by atoms with Crippen molar-refractivity contribution in [3.8, 4) is 0 Å². The average molecular weight is 379 g/mol. The van der Waals surface area contributed by atoms with Gasteiger partial charge in [-0.25, -0.2) is 9.59 Å². The molecule has 0 unspecified atom stereocenters. The van der Waals surface area contributed by atoms with Crippen LogP contribution in [0.2, 0.25) is 0 Å². The van der Waals surface area contributed by atoms with Crippen LogP contribution in [-0.2, 0) is 0 Å². The molecule has 0 spiro atoms. The lowest BCUT2D eigenvalue weighted by Crippen LogP contribution is -2.13. The van der Waals surface area contributed by atoms with Crippen LogP contribution < -0.4 is 10.9 Å². The summed E-state index contributed by atoms with van der Waals surface area (Å²) in [5.41, 5.74) is -1.47. The molecule has 0 fully saturated rings. The molecule has 116 valence electrons. The molecule has 0 aliphatic carbocycles. The summed E-state index contributed by atoms with van der Waals surface area (Å²) >= 11 is 3.18. The van der Waals surface area contributed by atoms with Gasteiger partial charge in [-0.3, -0.25) is 9.59 Å². The first-order valence-corrected chi connectivity index (χ1v) is 6.98. The Morgan fingerprint density at radius 1 is 0.913 bits per heavy atom. The van der Waals surface area contributed by atoms with Gasteiger partial charge in [-0.05, 0) is 22.0 Å². The molecule has 0 saturated heterocycles. The maximum absolute atomic E-state index is 12.2. The summed E-state index contributed by atoms with van der Waals surface area (Å²) in [5, 5.41) is 18.2. The van der Waals surface area contributed by atoms with Crippen LogP contribution in [0.5, 0.6) is 0 Å². The molecule has 1 aromatic carbocycles. The number of hydrogen-bond acceptors (Lipinski definition) is 4.